The Labute approximate surface area is 131 Å². The fourth-order valence-electron chi connectivity index (χ4n) is 3.44. The molecule has 4 heteroatoms. The second kappa shape index (κ2) is 5.71. The molecule has 0 spiro atoms. The number of hydrogen-bond acceptors (Lipinski definition) is 4. The Balaban J connectivity index is 1.68. The van der Waals surface area contributed by atoms with Crippen molar-refractivity contribution in [3.63, 3.8) is 0 Å². The molecule has 0 radical (unpaired) electrons. The molecular formula is C18H21N3O. The van der Waals surface area contributed by atoms with Gasteiger partial charge in [-0.05, 0) is 49.4 Å². The van der Waals surface area contributed by atoms with Crippen molar-refractivity contribution in [3.05, 3.63) is 53.9 Å². The number of hydrogen-bond donors (Lipinski definition) is 1. The van der Waals surface area contributed by atoms with Crippen molar-refractivity contribution < 1.29 is 4.74 Å². The summed E-state index contributed by atoms with van der Waals surface area (Å²) >= 11 is 0. The van der Waals surface area contributed by atoms with Gasteiger partial charge in [0.15, 0.2) is 0 Å². The van der Waals surface area contributed by atoms with E-state index in [1.807, 2.05) is 12.4 Å². The number of hydrazine groups is 1. The first-order valence-electron chi connectivity index (χ1n) is 7.97. The van der Waals surface area contributed by atoms with Gasteiger partial charge >= 0.3 is 0 Å². The zero-order chi connectivity index (χ0) is 14.9. The van der Waals surface area contributed by atoms with Crippen LogP contribution in [-0.2, 0) is 4.74 Å². The summed E-state index contributed by atoms with van der Waals surface area (Å²) < 4.78 is 5.52. The summed E-state index contributed by atoms with van der Waals surface area (Å²) in [7, 11) is 0. The number of anilines is 2. The third kappa shape index (κ3) is 2.38. The van der Waals surface area contributed by atoms with E-state index in [-0.39, 0.29) is 0 Å². The van der Waals surface area contributed by atoms with Gasteiger partial charge in [0.05, 0.1) is 23.6 Å². The fourth-order valence-corrected chi connectivity index (χ4v) is 3.44. The quantitative estimate of drug-likeness (QED) is 0.920. The number of pyridine rings is 1. The molecule has 1 aromatic carbocycles. The molecule has 2 aliphatic rings. The molecule has 22 heavy (non-hydrogen) atoms. The second-order valence-electron chi connectivity index (χ2n) is 6.16. The van der Waals surface area contributed by atoms with Gasteiger partial charge < -0.3 is 4.74 Å². The molecule has 4 rings (SSSR count). The van der Waals surface area contributed by atoms with Crippen LogP contribution < -0.4 is 10.4 Å². The van der Waals surface area contributed by atoms with Crippen molar-refractivity contribution in [2.75, 3.05) is 18.2 Å². The minimum absolute atomic E-state index is 0.350. The highest BCUT2D eigenvalue weighted by Crippen LogP contribution is 2.42. The van der Waals surface area contributed by atoms with Crippen LogP contribution in [0.15, 0.2) is 42.7 Å². The first kappa shape index (κ1) is 13.7. The number of aryl methyl sites for hydroxylation is 1. The average Bonchev–Trinajstić information content (AvgIpc) is 2.96. The summed E-state index contributed by atoms with van der Waals surface area (Å²) in [6.07, 6.45) is 6.08. The lowest BCUT2D eigenvalue weighted by molar-refractivity contribution is 0.0550. The first-order chi connectivity index (χ1) is 10.8. The third-order valence-electron chi connectivity index (χ3n) is 4.71. The maximum absolute atomic E-state index is 5.52. The van der Waals surface area contributed by atoms with Gasteiger partial charge in [-0.1, -0.05) is 17.7 Å². The summed E-state index contributed by atoms with van der Waals surface area (Å²) in [5.41, 5.74) is 8.65. The minimum atomic E-state index is 0.350. The molecular weight excluding hydrogens is 274 g/mol. The van der Waals surface area contributed by atoms with Crippen LogP contribution in [-0.4, -0.2) is 18.2 Å². The lowest BCUT2D eigenvalue weighted by atomic mass is 9.88. The van der Waals surface area contributed by atoms with Gasteiger partial charge in [0.2, 0.25) is 0 Å². The topological polar surface area (TPSA) is 37.4 Å². The van der Waals surface area contributed by atoms with Gasteiger partial charge in [-0.2, -0.15) is 0 Å². The molecule has 1 saturated heterocycles. The number of ether oxygens (including phenoxy) is 1. The Hall–Kier alpha value is -1.91. The molecule has 3 heterocycles. The zero-order valence-corrected chi connectivity index (χ0v) is 12.8. The van der Waals surface area contributed by atoms with Gasteiger partial charge in [-0.3, -0.25) is 9.99 Å². The molecule has 1 aromatic heterocycles. The standard InChI is InChI=1S/C18H21N3O/c1-13-2-4-15(5-3-13)21-17-12-19-9-6-16(17)18(20-21)14-7-10-22-11-8-14/h2-6,9,12,14,18,20H,7-8,10-11H2,1H3. The number of fused-ring (bicyclic) bond motifs is 1. The maximum atomic E-state index is 5.52. The summed E-state index contributed by atoms with van der Waals surface area (Å²) in [6, 6.07) is 11.1. The van der Waals surface area contributed by atoms with E-state index in [4.69, 9.17) is 4.74 Å². The van der Waals surface area contributed by atoms with Crippen LogP contribution in [0, 0.1) is 12.8 Å². The van der Waals surface area contributed by atoms with Crippen LogP contribution in [0.2, 0.25) is 0 Å². The van der Waals surface area contributed by atoms with Crippen molar-refractivity contribution >= 4 is 11.4 Å². The van der Waals surface area contributed by atoms with Gasteiger partial charge in [0, 0.05) is 19.4 Å². The summed E-state index contributed by atoms with van der Waals surface area (Å²) in [4.78, 5) is 4.32. The maximum Gasteiger partial charge on any atom is 0.0809 e. The molecule has 0 aliphatic carbocycles. The normalized spacial score (nSPS) is 21.9. The predicted molar refractivity (Wildman–Crippen MR) is 87.0 cm³/mol. The van der Waals surface area contributed by atoms with E-state index in [0.29, 0.717) is 12.0 Å². The van der Waals surface area contributed by atoms with E-state index in [1.165, 1.54) is 16.8 Å². The van der Waals surface area contributed by atoms with Gasteiger partial charge in [0.1, 0.15) is 0 Å². The van der Waals surface area contributed by atoms with Gasteiger partial charge in [0.25, 0.3) is 0 Å². The Bertz CT molecular complexity index is 650. The van der Waals surface area contributed by atoms with E-state index in [1.54, 1.807) is 0 Å². The third-order valence-corrected chi connectivity index (χ3v) is 4.71. The minimum Gasteiger partial charge on any atom is -0.381 e. The SMILES string of the molecule is Cc1ccc(N2NC(C3CCOCC3)c3ccncc32)cc1. The molecule has 1 N–H and O–H groups in total. The van der Waals surface area contributed by atoms with E-state index >= 15 is 0 Å². The van der Waals surface area contributed by atoms with Crippen LogP contribution in [0.3, 0.4) is 0 Å². The predicted octanol–water partition coefficient (Wildman–Crippen LogP) is 3.51. The van der Waals surface area contributed by atoms with Crippen molar-refractivity contribution in [2.45, 2.75) is 25.8 Å². The molecule has 2 aliphatic heterocycles. The highest BCUT2D eigenvalue weighted by molar-refractivity contribution is 5.68. The molecule has 4 nitrogen and oxygen atoms in total. The second-order valence-corrected chi connectivity index (χ2v) is 6.16. The number of rotatable bonds is 2. The molecule has 114 valence electrons. The van der Waals surface area contributed by atoms with Crippen LogP contribution in [0.25, 0.3) is 0 Å². The van der Waals surface area contributed by atoms with Crippen LogP contribution >= 0.6 is 0 Å². The number of nitrogens with one attached hydrogen (secondary N) is 1. The molecule has 1 fully saturated rings. The Morgan fingerprint density at radius 3 is 2.68 bits per heavy atom. The van der Waals surface area contributed by atoms with E-state index < -0.39 is 0 Å². The fraction of sp³-hybridized carbons (Fsp3) is 0.389. The Morgan fingerprint density at radius 1 is 1.14 bits per heavy atom. The zero-order valence-electron chi connectivity index (χ0n) is 12.8. The molecule has 1 atom stereocenters. The molecule has 1 unspecified atom stereocenters. The van der Waals surface area contributed by atoms with Crippen molar-refractivity contribution in [2.24, 2.45) is 5.92 Å². The highest BCUT2D eigenvalue weighted by Gasteiger charge is 2.35. The van der Waals surface area contributed by atoms with Gasteiger partial charge in [-0.15, -0.1) is 0 Å². The van der Waals surface area contributed by atoms with Crippen LogP contribution in [0.4, 0.5) is 11.4 Å². The van der Waals surface area contributed by atoms with Crippen LogP contribution in [0.1, 0.15) is 30.0 Å². The molecule has 0 amide bonds. The summed E-state index contributed by atoms with van der Waals surface area (Å²) in [5, 5.41) is 2.18. The number of benzene rings is 1. The van der Waals surface area contributed by atoms with Gasteiger partial charge in [-0.25, -0.2) is 5.43 Å². The molecule has 0 saturated carbocycles. The Kier molecular flexibility index (Phi) is 3.56. The van der Waals surface area contributed by atoms with E-state index in [2.05, 4.69) is 52.7 Å². The van der Waals surface area contributed by atoms with Crippen molar-refractivity contribution in [1.29, 1.82) is 0 Å². The largest absolute Gasteiger partial charge is 0.381 e. The first-order valence-corrected chi connectivity index (χ1v) is 7.97. The van der Waals surface area contributed by atoms with E-state index in [0.717, 1.165) is 31.7 Å². The van der Waals surface area contributed by atoms with E-state index in [9.17, 15) is 0 Å². The van der Waals surface area contributed by atoms with Crippen molar-refractivity contribution in [3.8, 4) is 0 Å². The Morgan fingerprint density at radius 2 is 1.91 bits per heavy atom. The number of nitrogens with zero attached hydrogens (tertiary/aromatic N) is 2. The summed E-state index contributed by atoms with van der Waals surface area (Å²) in [6.45, 7) is 3.85. The summed E-state index contributed by atoms with van der Waals surface area (Å²) in [5.74, 6) is 0.616. The average molecular weight is 295 g/mol. The smallest absolute Gasteiger partial charge is 0.0809 e. The highest BCUT2D eigenvalue weighted by atomic mass is 16.5. The van der Waals surface area contributed by atoms with Crippen molar-refractivity contribution in [1.82, 2.24) is 10.4 Å². The lowest BCUT2D eigenvalue weighted by Crippen LogP contribution is -2.35. The molecule has 2 aromatic rings. The number of aromatic nitrogens is 1. The van der Waals surface area contributed by atoms with Crippen LogP contribution in [0.5, 0.6) is 0 Å². The monoisotopic (exact) mass is 295 g/mol. The molecule has 0 bridgehead atoms. The lowest BCUT2D eigenvalue weighted by Gasteiger charge is -2.29.